The zero-order valence-electron chi connectivity index (χ0n) is 10.7. The molecule has 0 aliphatic heterocycles. The standard InChI is InChI=1S/C14H16BrN3S/c1-2-17-14(13-9-16-7-8-18-13)10-19-12-5-3-11(15)4-6-12/h3-9,14,17H,2,10H2,1H3. The Kier molecular flexibility index (Phi) is 5.82. The zero-order valence-corrected chi connectivity index (χ0v) is 13.1. The number of thioether (sulfide) groups is 1. The van der Waals surface area contributed by atoms with E-state index in [1.807, 2.05) is 18.0 Å². The molecule has 5 heteroatoms. The van der Waals surface area contributed by atoms with Crippen LogP contribution < -0.4 is 5.32 Å². The summed E-state index contributed by atoms with van der Waals surface area (Å²) in [6.45, 7) is 3.02. The SMILES string of the molecule is CCNC(CSc1ccc(Br)cc1)c1cnccn1. The Morgan fingerprint density at radius 2 is 2.05 bits per heavy atom. The maximum atomic E-state index is 4.38. The van der Waals surface area contributed by atoms with Crippen molar-refractivity contribution in [1.29, 1.82) is 0 Å². The molecule has 0 spiro atoms. The molecule has 1 aromatic heterocycles. The molecule has 1 unspecified atom stereocenters. The number of nitrogens with one attached hydrogen (secondary N) is 1. The van der Waals surface area contributed by atoms with Gasteiger partial charge in [0.2, 0.25) is 0 Å². The molecule has 0 amide bonds. The van der Waals surface area contributed by atoms with Gasteiger partial charge < -0.3 is 5.32 Å². The van der Waals surface area contributed by atoms with E-state index in [1.165, 1.54) is 4.90 Å². The van der Waals surface area contributed by atoms with E-state index in [2.05, 4.69) is 62.4 Å². The lowest BCUT2D eigenvalue weighted by molar-refractivity contribution is 0.588. The molecule has 2 aromatic rings. The monoisotopic (exact) mass is 337 g/mol. The molecule has 3 nitrogen and oxygen atoms in total. The Morgan fingerprint density at radius 3 is 2.68 bits per heavy atom. The van der Waals surface area contributed by atoms with Crippen LogP contribution in [0.1, 0.15) is 18.7 Å². The van der Waals surface area contributed by atoms with Crippen LogP contribution in [0.4, 0.5) is 0 Å². The van der Waals surface area contributed by atoms with E-state index < -0.39 is 0 Å². The normalized spacial score (nSPS) is 12.3. The molecule has 0 bridgehead atoms. The van der Waals surface area contributed by atoms with Gasteiger partial charge in [-0.25, -0.2) is 0 Å². The lowest BCUT2D eigenvalue weighted by atomic mass is 10.2. The van der Waals surface area contributed by atoms with E-state index in [9.17, 15) is 0 Å². The first-order valence-electron chi connectivity index (χ1n) is 6.17. The molecule has 1 heterocycles. The molecule has 2 rings (SSSR count). The molecule has 0 fully saturated rings. The minimum absolute atomic E-state index is 0.229. The summed E-state index contributed by atoms with van der Waals surface area (Å²) in [5.74, 6) is 0.939. The first-order valence-corrected chi connectivity index (χ1v) is 7.95. The second-order valence-corrected chi connectivity index (χ2v) is 6.01. The van der Waals surface area contributed by atoms with Gasteiger partial charge in [-0.3, -0.25) is 9.97 Å². The molecule has 1 aromatic carbocycles. The Balaban J connectivity index is 1.99. The molecule has 0 aliphatic rings. The maximum absolute atomic E-state index is 4.38. The number of nitrogens with zero attached hydrogens (tertiary/aromatic N) is 2. The maximum Gasteiger partial charge on any atom is 0.0764 e. The second-order valence-electron chi connectivity index (χ2n) is 4.01. The van der Waals surface area contributed by atoms with Crippen LogP contribution in [0.2, 0.25) is 0 Å². The third-order valence-corrected chi connectivity index (χ3v) is 4.26. The highest BCUT2D eigenvalue weighted by atomic mass is 79.9. The fourth-order valence-electron chi connectivity index (χ4n) is 1.70. The van der Waals surface area contributed by atoms with E-state index in [0.717, 1.165) is 22.5 Å². The zero-order chi connectivity index (χ0) is 13.5. The average Bonchev–Trinajstić information content (AvgIpc) is 2.46. The third-order valence-electron chi connectivity index (χ3n) is 2.62. The average molecular weight is 338 g/mol. The van der Waals surface area contributed by atoms with E-state index >= 15 is 0 Å². The summed E-state index contributed by atoms with van der Waals surface area (Å²) in [5, 5.41) is 3.45. The van der Waals surface area contributed by atoms with Crippen LogP contribution >= 0.6 is 27.7 Å². The molecular formula is C14H16BrN3S. The van der Waals surface area contributed by atoms with Crippen molar-refractivity contribution in [1.82, 2.24) is 15.3 Å². The minimum Gasteiger partial charge on any atom is -0.308 e. The summed E-state index contributed by atoms with van der Waals surface area (Å²) >= 11 is 5.27. The molecule has 0 saturated carbocycles. The summed E-state index contributed by atoms with van der Waals surface area (Å²) in [7, 11) is 0. The van der Waals surface area contributed by atoms with Gasteiger partial charge in [-0.2, -0.15) is 0 Å². The Hall–Kier alpha value is -0.910. The van der Waals surface area contributed by atoms with Crippen molar-refractivity contribution in [3.05, 3.63) is 53.0 Å². The fraction of sp³-hybridized carbons (Fsp3) is 0.286. The van der Waals surface area contributed by atoms with Crippen molar-refractivity contribution < 1.29 is 0 Å². The van der Waals surface area contributed by atoms with Gasteiger partial charge in [-0.05, 0) is 30.8 Å². The van der Waals surface area contributed by atoms with Gasteiger partial charge in [0.05, 0.1) is 11.7 Å². The predicted molar refractivity (Wildman–Crippen MR) is 83.3 cm³/mol. The minimum atomic E-state index is 0.229. The summed E-state index contributed by atoms with van der Waals surface area (Å²) in [4.78, 5) is 9.77. The van der Waals surface area contributed by atoms with Crippen LogP contribution in [-0.2, 0) is 0 Å². The van der Waals surface area contributed by atoms with Crippen LogP contribution in [0.15, 0.2) is 52.2 Å². The van der Waals surface area contributed by atoms with Crippen molar-refractivity contribution in [3.8, 4) is 0 Å². The first kappa shape index (κ1) is 14.5. The highest BCUT2D eigenvalue weighted by Gasteiger charge is 2.12. The molecule has 1 N–H and O–H groups in total. The van der Waals surface area contributed by atoms with Gasteiger partial charge in [-0.1, -0.05) is 22.9 Å². The van der Waals surface area contributed by atoms with Crippen LogP contribution in [0.25, 0.3) is 0 Å². The number of rotatable bonds is 6. The highest BCUT2D eigenvalue weighted by Crippen LogP contribution is 2.25. The number of aromatic nitrogens is 2. The fourth-order valence-corrected chi connectivity index (χ4v) is 2.94. The Bertz CT molecular complexity index is 490. The van der Waals surface area contributed by atoms with Gasteiger partial charge in [-0.15, -0.1) is 11.8 Å². The summed E-state index contributed by atoms with van der Waals surface area (Å²) in [5.41, 5.74) is 0.994. The van der Waals surface area contributed by atoms with E-state index in [-0.39, 0.29) is 6.04 Å². The van der Waals surface area contributed by atoms with Crippen LogP contribution in [0, 0.1) is 0 Å². The van der Waals surface area contributed by atoms with Gasteiger partial charge in [0.15, 0.2) is 0 Å². The van der Waals surface area contributed by atoms with Crippen LogP contribution in [0.3, 0.4) is 0 Å². The Labute approximate surface area is 126 Å². The van der Waals surface area contributed by atoms with Gasteiger partial charge >= 0.3 is 0 Å². The number of halogens is 1. The lowest BCUT2D eigenvalue weighted by Crippen LogP contribution is -2.24. The van der Waals surface area contributed by atoms with E-state index in [4.69, 9.17) is 0 Å². The van der Waals surface area contributed by atoms with Crippen molar-refractivity contribution >= 4 is 27.7 Å². The number of hydrogen-bond donors (Lipinski definition) is 1. The van der Waals surface area contributed by atoms with Gasteiger partial charge in [0, 0.05) is 33.7 Å². The van der Waals surface area contributed by atoms with Crippen molar-refractivity contribution in [3.63, 3.8) is 0 Å². The molecule has 19 heavy (non-hydrogen) atoms. The van der Waals surface area contributed by atoms with Crippen LogP contribution in [-0.4, -0.2) is 22.3 Å². The van der Waals surface area contributed by atoms with Crippen molar-refractivity contribution in [2.24, 2.45) is 0 Å². The smallest absolute Gasteiger partial charge is 0.0764 e. The van der Waals surface area contributed by atoms with Crippen molar-refractivity contribution in [2.75, 3.05) is 12.3 Å². The van der Waals surface area contributed by atoms with Crippen LogP contribution in [0.5, 0.6) is 0 Å². The largest absolute Gasteiger partial charge is 0.308 e. The molecule has 1 atom stereocenters. The number of benzene rings is 1. The molecular weight excluding hydrogens is 322 g/mol. The summed E-state index contributed by atoms with van der Waals surface area (Å²) in [6, 6.07) is 8.59. The van der Waals surface area contributed by atoms with Crippen molar-refractivity contribution in [2.45, 2.75) is 17.9 Å². The van der Waals surface area contributed by atoms with Gasteiger partial charge in [0.25, 0.3) is 0 Å². The molecule has 100 valence electrons. The van der Waals surface area contributed by atoms with Gasteiger partial charge in [0.1, 0.15) is 0 Å². The number of hydrogen-bond acceptors (Lipinski definition) is 4. The molecule has 0 saturated heterocycles. The Morgan fingerprint density at radius 1 is 1.26 bits per heavy atom. The molecule has 0 radical (unpaired) electrons. The molecule has 0 aliphatic carbocycles. The summed E-state index contributed by atoms with van der Waals surface area (Å²) < 4.78 is 1.11. The highest BCUT2D eigenvalue weighted by molar-refractivity contribution is 9.10. The van der Waals surface area contributed by atoms with E-state index in [0.29, 0.717) is 0 Å². The third kappa shape index (κ3) is 4.60. The second kappa shape index (κ2) is 7.62. The topological polar surface area (TPSA) is 37.8 Å². The summed E-state index contributed by atoms with van der Waals surface area (Å²) in [6.07, 6.45) is 5.27. The predicted octanol–water partition coefficient (Wildman–Crippen LogP) is 3.68. The lowest BCUT2D eigenvalue weighted by Gasteiger charge is -2.16. The van der Waals surface area contributed by atoms with E-state index in [1.54, 1.807) is 12.4 Å². The first-order chi connectivity index (χ1) is 9.29. The quantitative estimate of drug-likeness (QED) is 0.816.